The SMILES string of the molecule is COCC(c1ccc2oc(C(NC(=O)C(F)(F)c3cccc(C#N)c3)C3CCC(F)(F)CC3)nc2c1)N1CC(C(F)(F)F)NC1=O. The van der Waals surface area contributed by atoms with Gasteiger partial charge in [0.25, 0.3) is 5.91 Å². The van der Waals surface area contributed by atoms with Gasteiger partial charge < -0.3 is 24.7 Å². The van der Waals surface area contributed by atoms with E-state index in [0.717, 1.165) is 17.0 Å². The number of methoxy groups -OCH3 is 1. The van der Waals surface area contributed by atoms with Crippen LogP contribution in [0.5, 0.6) is 0 Å². The molecule has 1 aliphatic heterocycles. The maximum Gasteiger partial charge on any atom is 0.410 e. The Morgan fingerprint density at radius 2 is 1.91 bits per heavy atom. The molecule has 9 nitrogen and oxygen atoms in total. The summed E-state index contributed by atoms with van der Waals surface area (Å²) in [4.78, 5) is 30.8. The summed E-state index contributed by atoms with van der Waals surface area (Å²) < 4.78 is 110. The van der Waals surface area contributed by atoms with Gasteiger partial charge in [-0.15, -0.1) is 0 Å². The van der Waals surface area contributed by atoms with Gasteiger partial charge in [-0.2, -0.15) is 27.2 Å². The number of hydrogen-bond acceptors (Lipinski definition) is 6. The molecule has 16 heteroatoms. The van der Waals surface area contributed by atoms with Crippen LogP contribution in [0.15, 0.2) is 46.9 Å². The molecule has 3 amide bonds. The number of aromatic nitrogens is 1. The Balaban J connectivity index is 1.46. The number of alkyl halides is 7. The zero-order chi connectivity index (χ0) is 33.4. The number of urea groups is 1. The Morgan fingerprint density at radius 3 is 2.54 bits per heavy atom. The molecule has 0 spiro atoms. The van der Waals surface area contributed by atoms with E-state index >= 15 is 8.78 Å². The van der Waals surface area contributed by atoms with Gasteiger partial charge >= 0.3 is 18.1 Å². The Hall–Kier alpha value is -4.39. The average molecular weight is 656 g/mol. The third-order valence-electron chi connectivity index (χ3n) is 8.27. The molecule has 1 saturated carbocycles. The van der Waals surface area contributed by atoms with Crippen LogP contribution in [-0.4, -0.2) is 60.2 Å². The molecule has 5 rings (SSSR count). The fourth-order valence-corrected chi connectivity index (χ4v) is 5.76. The second kappa shape index (κ2) is 12.4. The first kappa shape index (κ1) is 33.0. The molecule has 1 aromatic heterocycles. The highest BCUT2D eigenvalue weighted by molar-refractivity contribution is 5.85. The number of rotatable bonds is 9. The summed E-state index contributed by atoms with van der Waals surface area (Å²) in [5.41, 5.74) is -0.285. The van der Waals surface area contributed by atoms with Crippen molar-refractivity contribution in [2.24, 2.45) is 5.92 Å². The third-order valence-corrected chi connectivity index (χ3v) is 8.27. The number of carbonyl (C=O) groups excluding carboxylic acids is 2. The van der Waals surface area contributed by atoms with Crippen LogP contribution in [0.3, 0.4) is 0 Å². The van der Waals surface area contributed by atoms with Crippen LogP contribution >= 0.6 is 0 Å². The molecule has 0 bridgehead atoms. The predicted molar refractivity (Wildman–Crippen MR) is 147 cm³/mol. The maximum atomic E-state index is 15.3. The number of nitrogens with one attached hydrogen (secondary N) is 2. The van der Waals surface area contributed by atoms with Crippen LogP contribution in [-0.2, 0) is 15.5 Å². The largest absolute Gasteiger partial charge is 0.438 e. The second-order valence-electron chi connectivity index (χ2n) is 11.4. The van der Waals surface area contributed by atoms with E-state index in [2.05, 4.69) is 10.3 Å². The Bertz CT molecular complexity index is 1640. The van der Waals surface area contributed by atoms with Gasteiger partial charge in [0.05, 0.1) is 30.8 Å². The van der Waals surface area contributed by atoms with E-state index in [1.54, 1.807) is 6.07 Å². The van der Waals surface area contributed by atoms with Gasteiger partial charge in [0.15, 0.2) is 5.58 Å². The smallest absolute Gasteiger partial charge is 0.410 e. The first-order valence-electron chi connectivity index (χ1n) is 14.2. The van der Waals surface area contributed by atoms with Gasteiger partial charge in [-0.05, 0) is 48.6 Å². The first-order chi connectivity index (χ1) is 21.6. The lowest BCUT2D eigenvalue weighted by Gasteiger charge is -2.33. The molecule has 0 radical (unpaired) electrons. The molecule has 46 heavy (non-hydrogen) atoms. The van der Waals surface area contributed by atoms with Crippen molar-refractivity contribution >= 4 is 23.0 Å². The average Bonchev–Trinajstić information content (AvgIpc) is 3.62. The van der Waals surface area contributed by atoms with Gasteiger partial charge in [0.2, 0.25) is 11.8 Å². The van der Waals surface area contributed by atoms with Crippen LogP contribution in [0.1, 0.15) is 60.3 Å². The van der Waals surface area contributed by atoms with Gasteiger partial charge in [-0.3, -0.25) is 4.79 Å². The lowest BCUT2D eigenvalue weighted by atomic mass is 9.81. The lowest BCUT2D eigenvalue weighted by molar-refractivity contribution is -0.150. The van der Waals surface area contributed by atoms with Crippen LogP contribution in [0.4, 0.5) is 35.5 Å². The number of nitrogens with zero attached hydrogens (tertiary/aromatic N) is 3. The van der Waals surface area contributed by atoms with Crippen molar-refractivity contribution in [1.82, 2.24) is 20.5 Å². The number of oxazole rings is 1. The quantitative estimate of drug-likeness (QED) is 0.268. The summed E-state index contributed by atoms with van der Waals surface area (Å²) in [6.45, 7) is -0.852. The summed E-state index contributed by atoms with van der Waals surface area (Å²) in [6, 6.07) is 5.00. The minimum atomic E-state index is -4.68. The van der Waals surface area contributed by atoms with Crippen molar-refractivity contribution in [3.8, 4) is 6.07 Å². The van der Waals surface area contributed by atoms with E-state index in [9.17, 15) is 31.5 Å². The van der Waals surface area contributed by atoms with Crippen LogP contribution < -0.4 is 10.6 Å². The summed E-state index contributed by atoms with van der Waals surface area (Å²) in [5.74, 6) is -9.83. The van der Waals surface area contributed by atoms with Gasteiger partial charge in [-0.1, -0.05) is 18.2 Å². The van der Waals surface area contributed by atoms with E-state index in [0.29, 0.717) is 5.56 Å². The molecular weight excluding hydrogens is 627 g/mol. The molecule has 1 aliphatic carbocycles. The minimum absolute atomic E-state index is 0.0992. The summed E-state index contributed by atoms with van der Waals surface area (Å²) in [7, 11) is 1.31. The topological polar surface area (TPSA) is 120 Å². The van der Waals surface area contributed by atoms with Crippen LogP contribution in [0.2, 0.25) is 0 Å². The minimum Gasteiger partial charge on any atom is -0.438 e. The van der Waals surface area contributed by atoms with Crippen molar-refractivity contribution in [2.45, 2.75) is 61.8 Å². The zero-order valence-electron chi connectivity index (χ0n) is 24.2. The molecule has 2 aliphatic rings. The van der Waals surface area contributed by atoms with Crippen molar-refractivity contribution in [3.05, 3.63) is 65.0 Å². The highest BCUT2D eigenvalue weighted by Gasteiger charge is 2.49. The first-order valence-corrected chi connectivity index (χ1v) is 14.2. The fourth-order valence-electron chi connectivity index (χ4n) is 5.76. The summed E-state index contributed by atoms with van der Waals surface area (Å²) in [5, 5.41) is 13.2. The molecule has 3 atom stereocenters. The molecule has 2 heterocycles. The van der Waals surface area contributed by atoms with E-state index in [1.165, 1.54) is 37.4 Å². The molecule has 3 aromatic rings. The lowest BCUT2D eigenvalue weighted by Crippen LogP contribution is -2.43. The normalized spacial score (nSPS) is 20.3. The van der Waals surface area contributed by atoms with E-state index < -0.39 is 79.0 Å². The van der Waals surface area contributed by atoms with Crippen molar-refractivity contribution < 1.29 is 49.5 Å². The molecule has 1 saturated heterocycles. The van der Waals surface area contributed by atoms with Crippen molar-refractivity contribution in [3.63, 3.8) is 0 Å². The number of benzene rings is 2. The van der Waals surface area contributed by atoms with Gasteiger partial charge in [0.1, 0.15) is 17.6 Å². The van der Waals surface area contributed by atoms with Crippen LogP contribution in [0, 0.1) is 17.2 Å². The number of hydrogen-bond donors (Lipinski definition) is 2. The number of ether oxygens (including phenoxy) is 1. The number of nitriles is 1. The molecule has 2 fully saturated rings. The molecule has 2 N–H and O–H groups in total. The predicted octanol–water partition coefficient (Wildman–Crippen LogP) is 6.12. The highest BCUT2D eigenvalue weighted by atomic mass is 19.4. The monoisotopic (exact) mass is 655 g/mol. The standard InChI is InChI=1S/C30H28F7N5O4/c1-45-15-21(42-14-23(30(35,36)37)40-27(42)44)18-5-6-22-20(12-18)39-25(46-22)24(17-7-9-28(31,32)10-8-17)41-26(43)29(33,34)19-4-2-3-16(11-19)13-38/h2-6,11-12,17,21,23-24H,7-10,14-15H2,1H3,(H,40,44)(H,41,43). The van der Waals surface area contributed by atoms with E-state index in [-0.39, 0.29) is 42.0 Å². The number of carbonyl (C=O) groups is 2. The Kier molecular flexibility index (Phi) is 8.91. The number of fused-ring (bicyclic) bond motifs is 1. The zero-order valence-corrected chi connectivity index (χ0v) is 24.2. The van der Waals surface area contributed by atoms with E-state index in [1.807, 2.05) is 5.32 Å². The van der Waals surface area contributed by atoms with E-state index in [4.69, 9.17) is 14.4 Å². The third kappa shape index (κ3) is 6.74. The van der Waals surface area contributed by atoms with Crippen molar-refractivity contribution in [2.75, 3.05) is 20.3 Å². The van der Waals surface area contributed by atoms with Crippen LogP contribution in [0.25, 0.3) is 11.1 Å². The van der Waals surface area contributed by atoms with Crippen molar-refractivity contribution in [1.29, 1.82) is 5.26 Å². The molecular formula is C30H28F7N5O4. The number of amides is 3. The highest BCUT2D eigenvalue weighted by Crippen LogP contribution is 2.43. The molecule has 246 valence electrons. The fraction of sp³-hybridized carbons (Fsp3) is 0.467. The number of halogens is 7. The van der Waals surface area contributed by atoms with Gasteiger partial charge in [0, 0.05) is 25.5 Å². The summed E-state index contributed by atoms with van der Waals surface area (Å²) in [6.07, 6.45) is -6.06. The van der Waals surface area contributed by atoms with Gasteiger partial charge in [-0.25, -0.2) is 18.6 Å². The summed E-state index contributed by atoms with van der Waals surface area (Å²) >= 11 is 0. The Labute approximate surface area is 257 Å². The molecule has 2 aromatic carbocycles. The Morgan fingerprint density at radius 1 is 1.20 bits per heavy atom. The maximum absolute atomic E-state index is 15.3. The molecule has 3 unspecified atom stereocenters. The second-order valence-corrected chi connectivity index (χ2v) is 11.4.